The largest absolute Gasteiger partial charge is 0.366 e. The van der Waals surface area contributed by atoms with Crippen LogP contribution in [0.4, 0.5) is 10.1 Å². The summed E-state index contributed by atoms with van der Waals surface area (Å²) < 4.78 is 14.1. The van der Waals surface area contributed by atoms with Crippen LogP contribution >= 0.6 is 0 Å². The summed E-state index contributed by atoms with van der Waals surface area (Å²) in [6, 6.07) is 5.21. The van der Waals surface area contributed by atoms with Crippen LogP contribution in [-0.2, 0) is 0 Å². The Bertz CT molecular complexity index is 440. The van der Waals surface area contributed by atoms with Gasteiger partial charge in [0, 0.05) is 18.2 Å². The van der Waals surface area contributed by atoms with E-state index in [4.69, 9.17) is 0 Å². The van der Waals surface area contributed by atoms with Crippen LogP contribution in [0.2, 0.25) is 0 Å². The number of ketones is 1. The summed E-state index contributed by atoms with van der Waals surface area (Å²) in [6.45, 7) is 4.46. The molecule has 18 heavy (non-hydrogen) atoms. The van der Waals surface area contributed by atoms with E-state index >= 15 is 0 Å². The third-order valence-electron chi connectivity index (χ3n) is 3.39. The Hall–Kier alpha value is -1.38. The van der Waals surface area contributed by atoms with Crippen LogP contribution in [0, 0.1) is 5.82 Å². The first-order chi connectivity index (χ1) is 8.65. The number of rotatable bonds is 6. The molecule has 0 atom stereocenters. The van der Waals surface area contributed by atoms with Crippen LogP contribution in [0.1, 0.15) is 49.9 Å². The number of hydrogen-bond acceptors (Lipinski definition) is 2. The van der Waals surface area contributed by atoms with Crippen molar-refractivity contribution in [3.8, 4) is 0 Å². The van der Waals surface area contributed by atoms with Gasteiger partial charge in [0.25, 0.3) is 0 Å². The average Bonchev–Trinajstić information content (AvgIpc) is 3.15. The van der Waals surface area contributed by atoms with Crippen molar-refractivity contribution in [3.63, 3.8) is 0 Å². The zero-order valence-corrected chi connectivity index (χ0v) is 11.1. The predicted octanol–water partition coefficient (Wildman–Crippen LogP) is 3.80. The van der Waals surface area contributed by atoms with Crippen molar-refractivity contribution in [3.05, 3.63) is 29.6 Å². The lowest BCUT2D eigenvalue weighted by Gasteiger charge is -2.27. The first kappa shape index (κ1) is 13.1. The lowest BCUT2D eigenvalue weighted by atomic mass is 10.1. The minimum atomic E-state index is -0.272. The highest BCUT2D eigenvalue weighted by Gasteiger charge is 2.32. The van der Waals surface area contributed by atoms with Gasteiger partial charge in [-0.25, -0.2) is 4.39 Å². The van der Waals surface area contributed by atoms with Gasteiger partial charge in [0.15, 0.2) is 5.78 Å². The molecule has 2 rings (SSSR count). The van der Waals surface area contributed by atoms with E-state index in [1.165, 1.54) is 13.0 Å². The van der Waals surface area contributed by atoms with Crippen LogP contribution in [-0.4, -0.2) is 18.4 Å². The number of benzene rings is 1. The molecule has 1 aromatic rings. The monoisotopic (exact) mass is 249 g/mol. The van der Waals surface area contributed by atoms with E-state index < -0.39 is 0 Å². The molecule has 0 aliphatic heterocycles. The molecule has 1 fully saturated rings. The van der Waals surface area contributed by atoms with Gasteiger partial charge in [-0.15, -0.1) is 0 Å². The third-order valence-corrected chi connectivity index (χ3v) is 3.39. The maximum absolute atomic E-state index is 14.1. The van der Waals surface area contributed by atoms with Gasteiger partial charge < -0.3 is 4.90 Å². The Balaban J connectivity index is 2.36. The molecule has 0 aromatic heterocycles. The summed E-state index contributed by atoms with van der Waals surface area (Å²) in [5.41, 5.74) is 1.03. The fraction of sp³-hybridized carbons (Fsp3) is 0.533. The number of halogens is 1. The standard InChI is InChI=1S/C15H20FNO/c1-3-4-10-17(12-8-9-12)15-13(11(2)18)6-5-7-14(15)16/h5-7,12H,3-4,8-10H2,1-2H3. The van der Waals surface area contributed by atoms with Crippen molar-refractivity contribution in [2.45, 2.75) is 45.6 Å². The molecule has 0 N–H and O–H groups in total. The maximum atomic E-state index is 14.1. The lowest BCUT2D eigenvalue weighted by Crippen LogP contribution is -2.29. The topological polar surface area (TPSA) is 20.3 Å². The molecule has 0 amide bonds. The van der Waals surface area contributed by atoms with Gasteiger partial charge in [0.1, 0.15) is 5.82 Å². The summed E-state index contributed by atoms with van der Waals surface area (Å²) in [5, 5.41) is 0. The molecule has 1 aromatic carbocycles. The molecule has 0 spiro atoms. The van der Waals surface area contributed by atoms with Crippen LogP contribution in [0.3, 0.4) is 0 Å². The van der Waals surface area contributed by atoms with E-state index in [1.54, 1.807) is 12.1 Å². The number of anilines is 1. The summed E-state index contributed by atoms with van der Waals surface area (Å²) in [6.07, 6.45) is 4.32. The number of carbonyl (C=O) groups excluding carboxylic acids is 1. The number of Topliss-reactive ketones (excluding diaryl/α,β-unsaturated/α-hetero) is 1. The van der Waals surface area contributed by atoms with Crippen molar-refractivity contribution in [1.29, 1.82) is 0 Å². The lowest BCUT2D eigenvalue weighted by molar-refractivity contribution is 0.101. The molecule has 98 valence electrons. The van der Waals surface area contributed by atoms with E-state index in [2.05, 4.69) is 11.8 Å². The SMILES string of the molecule is CCCCN(c1c(F)cccc1C(C)=O)C1CC1. The summed E-state index contributed by atoms with van der Waals surface area (Å²) in [5.74, 6) is -0.336. The molecule has 0 bridgehead atoms. The van der Waals surface area contributed by atoms with Gasteiger partial charge in [0.2, 0.25) is 0 Å². The highest BCUT2D eigenvalue weighted by atomic mass is 19.1. The minimum absolute atomic E-state index is 0.0633. The highest BCUT2D eigenvalue weighted by molar-refractivity contribution is 6.00. The van der Waals surface area contributed by atoms with Crippen LogP contribution in [0.5, 0.6) is 0 Å². The summed E-state index contributed by atoms with van der Waals surface area (Å²) in [4.78, 5) is 13.7. The number of nitrogens with zero attached hydrogens (tertiary/aromatic N) is 1. The van der Waals surface area contributed by atoms with E-state index in [9.17, 15) is 9.18 Å². The Kier molecular flexibility index (Phi) is 4.00. The van der Waals surface area contributed by atoms with Gasteiger partial charge in [-0.3, -0.25) is 4.79 Å². The van der Waals surface area contributed by atoms with Crippen molar-refractivity contribution in [1.82, 2.24) is 0 Å². The van der Waals surface area contributed by atoms with Crippen molar-refractivity contribution in [2.24, 2.45) is 0 Å². The zero-order valence-electron chi connectivity index (χ0n) is 11.1. The molecule has 1 saturated carbocycles. The number of hydrogen-bond donors (Lipinski definition) is 0. The van der Waals surface area contributed by atoms with E-state index in [0.29, 0.717) is 17.3 Å². The second-order valence-electron chi connectivity index (χ2n) is 4.97. The number of unbranched alkanes of at least 4 members (excludes halogenated alkanes) is 1. The maximum Gasteiger partial charge on any atom is 0.161 e. The van der Waals surface area contributed by atoms with E-state index in [0.717, 1.165) is 32.2 Å². The second-order valence-corrected chi connectivity index (χ2v) is 4.97. The Labute approximate surface area is 108 Å². The third kappa shape index (κ3) is 2.71. The molecule has 3 heteroatoms. The highest BCUT2D eigenvalue weighted by Crippen LogP contribution is 2.35. The van der Waals surface area contributed by atoms with E-state index in [1.807, 2.05) is 0 Å². The molecular formula is C15H20FNO. The van der Waals surface area contributed by atoms with Gasteiger partial charge in [-0.05, 0) is 38.3 Å². The van der Waals surface area contributed by atoms with Crippen molar-refractivity contribution in [2.75, 3.05) is 11.4 Å². The van der Waals surface area contributed by atoms with E-state index in [-0.39, 0.29) is 11.6 Å². The fourth-order valence-corrected chi connectivity index (χ4v) is 2.28. The molecule has 0 unspecified atom stereocenters. The van der Waals surface area contributed by atoms with Crippen LogP contribution in [0.25, 0.3) is 0 Å². The molecule has 1 aliphatic rings. The fourth-order valence-electron chi connectivity index (χ4n) is 2.28. The molecule has 2 nitrogen and oxygen atoms in total. The first-order valence-electron chi connectivity index (χ1n) is 6.71. The summed E-state index contributed by atoms with van der Waals surface area (Å²) in [7, 11) is 0. The quantitative estimate of drug-likeness (QED) is 0.715. The van der Waals surface area contributed by atoms with Crippen molar-refractivity contribution >= 4 is 11.5 Å². The average molecular weight is 249 g/mol. The number of carbonyl (C=O) groups is 1. The summed E-state index contributed by atoms with van der Waals surface area (Å²) >= 11 is 0. The molecule has 0 radical (unpaired) electrons. The van der Waals surface area contributed by atoms with Gasteiger partial charge >= 0.3 is 0 Å². The molecule has 1 aliphatic carbocycles. The normalized spacial score (nSPS) is 14.6. The van der Waals surface area contributed by atoms with Gasteiger partial charge in [-0.2, -0.15) is 0 Å². The Morgan fingerprint density at radius 2 is 2.17 bits per heavy atom. The Morgan fingerprint density at radius 1 is 1.44 bits per heavy atom. The molecule has 0 heterocycles. The number of para-hydroxylation sites is 1. The first-order valence-corrected chi connectivity index (χ1v) is 6.71. The minimum Gasteiger partial charge on any atom is -0.366 e. The van der Waals surface area contributed by atoms with Crippen LogP contribution in [0.15, 0.2) is 18.2 Å². The molecule has 0 saturated heterocycles. The van der Waals surface area contributed by atoms with Gasteiger partial charge in [0.05, 0.1) is 5.69 Å². The van der Waals surface area contributed by atoms with Gasteiger partial charge in [-0.1, -0.05) is 19.4 Å². The Morgan fingerprint density at radius 3 is 2.72 bits per heavy atom. The van der Waals surface area contributed by atoms with Crippen molar-refractivity contribution < 1.29 is 9.18 Å². The predicted molar refractivity (Wildman–Crippen MR) is 71.7 cm³/mol. The zero-order chi connectivity index (χ0) is 13.1. The smallest absolute Gasteiger partial charge is 0.161 e. The second kappa shape index (κ2) is 5.51. The van der Waals surface area contributed by atoms with Crippen LogP contribution < -0.4 is 4.90 Å². The molecular weight excluding hydrogens is 229 g/mol.